The number of nitrogens with zero attached hydrogens (tertiary/aromatic N) is 2. The van der Waals surface area contributed by atoms with E-state index in [9.17, 15) is 0 Å². The van der Waals surface area contributed by atoms with E-state index in [0.717, 1.165) is 18.8 Å². The van der Waals surface area contributed by atoms with E-state index in [4.69, 9.17) is 0 Å². The fourth-order valence-electron chi connectivity index (χ4n) is 1.92. The van der Waals surface area contributed by atoms with Crippen LogP contribution in [-0.4, -0.2) is 9.55 Å². The van der Waals surface area contributed by atoms with Gasteiger partial charge >= 0.3 is 0 Å². The van der Waals surface area contributed by atoms with Crippen LogP contribution in [0.1, 0.15) is 24.7 Å². The molecule has 0 spiro atoms. The largest absolute Gasteiger partial charge is 0.378 e. The first-order chi connectivity index (χ1) is 8.31. The monoisotopic (exact) mass is 229 g/mol. The predicted molar refractivity (Wildman–Crippen MR) is 71.0 cm³/mol. The van der Waals surface area contributed by atoms with Gasteiger partial charge in [-0.3, -0.25) is 0 Å². The van der Waals surface area contributed by atoms with E-state index in [1.165, 1.54) is 17.7 Å². The molecule has 0 aliphatic carbocycles. The van der Waals surface area contributed by atoms with Crippen molar-refractivity contribution < 1.29 is 0 Å². The van der Waals surface area contributed by atoms with Crippen molar-refractivity contribution in [1.29, 1.82) is 0 Å². The zero-order chi connectivity index (χ0) is 12.1. The molecule has 2 rings (SSSR count). The lowest BCUT2D eigenvalue weighted by Gasteiger charge is -2.11. The number of aromatic nitrogens is 2. The third-order valence-corrected chi connectivity index (χ3v) is 2.89. The van der Waals surface area contributed by atoms with Gasteiger partial charge in [0.2, 0.25) is 0 Å². The molecule has 0 atom stereocenters. The quantitative estimate of drug-likeness (QED) is 0.854. The van der Waals surface area contributed by atoms with Crippen molar-refractivity contribution in [2.45, 2.75) is 26.3 Å². The molecule has 0 aliphatic heterocycles. The summed E-state index contributed by atoms with van der Waals surface area (Å²) in [5, 5.41) is 3.46. The topological polar surface area (TPSA) is 29.9 Å². The van der Waals surface area contributed by atoms with Crippen LogP contribution in [0.25, 0.3) is 0 Å². The number of rotatable bonds is 5. The minimum Gasteiger partial charge on any atom is -0.378 e. The predicted octanol–water partition coefficient (Wildman–Crippen LogP) is 2.98. The van der Waals surface area contributed by atoms with Gasteiger partial charge in [-0.1, -0.05) is 31.5 Å². The fraction of sp³-hybridized carbons (Fsp3) is 0.357. The third-order valence-electron chi connectivity index (χ3n) is 2.89. The number of aryl methyl sites for hydroxylation is 2. The Bertz CT molecular complexity index is 474. The molecular formula is C14H19N3. The second-order valence-corrected chi connectivity index (χ2v) is 4.22. The molecule has 2 aromatic rings. The molecule has 0 saturated heterocycles. The normalized spacial score (nSPS) is 10.5. The SMILES string of the molecule is CCCc1ccccc1NCc1nccn1C. The van der Waals surface area contributed by atoms with Crippen LogP contribution in [0, 0.1) is 0 Å². The minimum absolute atomic E-state index is 0.768. The van der Waals surface area contributed by atoms with Crippen LogP contribution in [0.3, 0.4) is 0 Å². The molecule has 1 heterocycles. The summed E-state index contributed by atoms with van der Waals surface area (Å²) in [4.78, 5) is 4.31. The number of imidazole rings is 1. The number of nitrogens with one attached hydrogen (secondary N) is 1. The summed E-state index contributed by atoms with van der Waals surface area (Å²) in [5.74, 6) is 1.05. The van der Waals surface area contributed by atoms with E-state index in [1.807, 2.05) is 24.0 Å². The first-order valence-corrected chi connectivity index (χ1v) is 6.09. The molecule has 0 radical (unpaired) electrons. The number of hydrogen-bond donors (Lipinski definition) is 1. The summed E-state index contributed by atoms with van der Waals surface area (Å²) in [6.45, 7) is 2.97. The summed E-state index contributed by atoms with van der Waals surface area (Å²) in [7, 11) is 2.02. The number of para-hydroxylation sites is 1. The Morgan fingerprint density at radius 2 is 2.12 bits per heavy atom. The van der Waals surface area contributed by atoms with Crippen LogP contribution in [0.15, 0.2) is 36.7 Å². The van der Waals surface area contributed by atoms with Crippen LogP contribution in [-0.2, 0) is 20.0 Å². The Hall–Kier alpha value is -1.77. The molecule has 0 fully saturated rings. The van der Waals surface area contributed by atoms with Gasteiger partial charge in [0.25, 0.3) is 0 Å². The summed E-state index contributed by atoms with van der Waals surface area (Å²) >= 11 is 0. The molecule has 0 unspecified atom stereocenters. The summed E-state index contributed by atoms with van der Waals surface area (Å²) in [5.41, 5.74) is 2.60. The zero-order valence-corrected chi connectivity index (χ0v) is 10.5. The molecule has 0 aliphatic rings. The number of hydrogen-bond acceptors (Lipinski definition) is 2. The van der Waals surface area contributed by atoms with Gasteiger partial charge in [0, 0.05) is 25.1 Å². The highest BCUT2D eigenvalue weighted by atomic mass is 15.1. The van der Waals surface area contributed by atoms with Gasteiger partial charge < -0.3 is 9.88 Å². The molecule has 0 saturated carbocycles. The molecule has 3 nitrogen and oxygen atoms in total. The average Bonchev–Trinajstić information content (AvgIpc) is 2.74. The Morgan fingerprint density at radius 3 is 2.82 bits per heavy atom. The average molecular weight is 229 g/mol. The van der Waals surface area contributed by atoms with E-state index >= 15 is 0 Å². The van der Waals surface area contributed by atoms with Gasteiger partial charge in [0.05, 0.1) is 6.54 Å². The Labute approximate surface area is 103 Å². The van der Waals surface area contributed by atoms with E-state index < -0.39 is 0 Å². The second kappa shape index (κ2) is 5.53. The Balaban J connectivity index is 2.06. The van der Waals surface area contributed by atoms with Gasteiger partial charge in [-0.15, -0.1) is 0 Å². The lowest BCUT2D eigenvalue weighted by atomic mass is 10.1. The highest BCUT2D eigenvalue weighted by Crippen LogP contribution is 2.17. The van der Waals surface area contributed by atoms with Crippen molar-refractivity contribution >= 4 is 5.69 Å². The highest BCUT2D eigenvalue weighted by Gasteiger charge is 2.02. The van der Waals surface area contributed by atoms with Crippen molar-refractivity contribution in [3.63, 3.8) is 0 Å². The minimum atomic E-state index is 0.768. The lowest BCUT2D eigenvalue weighted by molar-refractivity contribution is 0.811. The highest BCUT2D eigenvalue weighted by molar-refractivity contribution is 5.51. The Kier molecular flexibility index (Phi) is 3.81. The van der Waals surface area contributed by atoms with Gasteiger partial charge in [0.15, 0.2) is 0 Å². The van der Waals surface area contributed by atoms with E-state index in [-0.39, 0.29) is 0 Å². The molecule has 90 valence electrons. The first kappa shape index (κ1) is 11.7. The number of benzene rings is 1. The van der Waals surface area contributed by atoms with Crippen molar-refractivity contribution in [1.82, 2.24) is 9.55 Å². The maximum Gasteiger partial charge on any atom is 0.127 e. The summed E-state index contributed by atoms with van der Waals surface area (Å²) < 4.78 is 2.04. The second-order valence-electron chi connectivity index (χ2n) is 4.22. The van der Waals surface area contributed by atoms with Gasteiger partial charge in [-0.2, -0.15) is 0 Å². The zero-order valence-electron chi connectivity index (χ0n) is 10.5. The van der Waals surface area contributed by atoms with Crippen LogP contribution in [0.2, 0.25) is 0 Å². The van der Waals surface area contributed by atoms with Crippen molar-refractivity contribution in [2.75, 3.05) is 5.32 Å². The molecule has 17 heavy (non-hydrogen) atoms. The van der Waals surface area contributed by atoms with Gasteiger partial charge in [-0.25, -0.2) is 4.98 Å². The van der Waals surface area contributed by atoms with Crippen molar-refractivity contribution in [3.05, 3.63) is 48.0 Å². The van der Waals surface area contributed by atoms with Gasteiger partial charge in [0.1, 0.15) is 5.82 Å². The molecular weight excluding hydrogens is 210 g/mol. The molecule has 0 amide bonds. The van der Waals surface area contributed by atoms with E-state index in [1.54, 1.807) is 0 Å². The maximum absolute atomic E-state index is 4.31. The molecule has 0 bridgehead atoms. The maximum atomic E-state index is 4.31. The first-order valence-electron chi connectivity index (χ1n) is 6.09. The van der Waals surface area contributed by atoms with Crippen LogP contribution in [0.5, 0.6) is 0 Å². The standard InChI is InChI=1S/C14H19N3/c1-3-6-12-7-4-5-8-13(12)16-11-14-15-9-10-17(14)2/h4-5,7-10,16H,3,6,11H2,1-2H3. The van der Waals surface area contributed by atoms with Crippen molar-refractivity contribution in [3.8, 4) is 0 Å². The third kappa shape index (κ3) is 2.87. The van der Waals surface area contributed by atoms with Gasteiger partial charge in [-0.05, 0) is 18.1 Å². The lowest BCUT2D eigenvalue weighted by Crippen LogP contribution is -2.07. The fourth-order valence-corrected chi connectivity index (χ4v) is 1.92. The summed E-state index contributed by atoms with van der Waals surface area (Å²) in [6.07, 6.45) is 6.08. The van der Waals surface area contributed by atoms with Crippen LogP contribution in [0.4, 0.5) is 5.69 Å². The van der Waals surface area contributed by atoms with E-state index in [2.05, 4.69) is 41.5 Å². The summed E-state index contributed by atoms with van der Waals surface area (Å²) in [6, 6.07) is 8.48. The molecule has 1 aromatic carbocycles. The van der Waals surface area contributed by atoms with E-state index in [0.29, 0.717) is 0 Å². The number of anilines is 1. The Morgan fingerprint density at radius 1 is 1.29 bits per heavy atom. The van der Waals surface area contributed by atoms with Crippen molar-refractivity contribution in [2.24, 2.45) is 7.05 Å². The van der Waals surface area contributed by atoms with Crippen LogP contribution >= 0.6 is 0 Å². The molecule has 3 heteroatoms. The molecule has 1 N–H and O–H groups in total. The molecule has 1 aromatic heterocycles. The smallest absolute Gasteiger partial charge is 0.127 e. The van der Waals surface area contributed by atoms with Crippen LogP contribution < -0.4 is 5.32 Å².